The van der Waals surface area contributed by atoms with Crippen molar-refractivity contribution in [2.75, 3.05) is 16.9 Å². The average molecular weight is 362 g/mol. The van der Waals surface area contributed by atoms with Crippen LogP contribution in [0.1, 0.15) is 15.9 Å². The fourth-order valence-corrected chi connectivity index (χ4v) is 3.78. The van der Waals surface area contributed by atoms with E-state index < -0.39 is 23.6 Å². The lowest BCUT2D eigenvalue weighted by Gasteiger charge is -2.23. The molecule has 0 bridgehead atoms. The summed E-state index contributed by atoms with van der Waals surface area (Å²) >= 11 is 1.39. The van der Waals surface area contributed by atoms with Crippen LogP contribution in [0.25, 0.3) is 0 Å². The number of nitrogens with one attached hydrogen (secondary N) is 1. The molecule has 1 aliphatic heterocycles. The van der Waals surface area contributed by atoms with Gasteiger partial charge in [-0.25, -0.2) is 8.78 Å². The van der Waals surface area contributed by atoms with Crippen LogP contribution in [0, 0.1) is 18.6 Å². The number of anilines is 1. The Balaban J connectivity index is 1.79. The van der Waals surface area contributed by atoms with Gasteiger partial charge >= 0.3 is 0 Å². The molecule has 1 fully saturated rings. The van der Waals surface area contributed by atoms with Crippen molar-refractivity contribution in [2.45, 2.75) is 13.0 Å². The first-order valence-electron chi connectivity index (χ1n) is 7.67. The lowest BCUT2D eigenvalue weighted by molar-refractivity contribution is -0.119. The molecule has 2 aromatic carbocycles. The molecule has 25 heavy (non-hydrogen) atoms. The van der Waals surface area contributed by atoms with Gasteiger partial charge < -0.3 is 10.2 Å². The second kappa shape index (κ2) is 7.23. The molecule has 2 amide bonds. The predicted molar refractivity (Wildman–Crippen MR) is 93.4 cm³/mol. The van der Waals surface area contributed by atoms with E-state index in [2.05, 4.69) is 5.32 Å². The molecule has 130 valence electrons. The molecule has 7 heteroatoms. The third kappa shape index (κ3) is 3.82. The van der Waals surface area contributed by atoms with Crippen LogP contribution in [0.4, 0.5) is 14.5 Å². The average Bonchev–Trinajstić information content (AvgIpc) is 3.06. The first-order valence-corrected chi connectivity index (χ1v) is 8.82. The summed E-state index contributed by atoms with van der Waals surface area (Å²) in [7, 11) is 0. The smallest absolute Gasteiger partial charge is 0.258 e. The zero-order chi connectivity index (χ0) is 18.0. The van der Waals surface area contributed by atoms with E-state index in [-0.39, 0.29) is 17.3 Å². The minimum Gasteiger partial charge on any atom is -0.324 e. The van der Waals surface area contributed by atoms with E-state index in [1.807, 2.05) is 25.1 Å². The highest BCUT2D eigenvalue weighted by atomic mass is 32.2. The number of hydrogen-bond acceptors (Lipinski definition) is 3. The molecular weight excluding hydrogens is 346 g/mol. The highest BCUT2D eigenvalue weighted by Crippen LogP contribution is 2.25. The predicted octanol–water partition coefficient (Wildman–Crippen LogP) is 3.43. The summed E-state index contributed by atoms with van der Waals surface area (Å²) in [5, 5.41) is 2.77. The van der Waals surface area contributed by atoms with Crippen molar-refractivity contribution in [1.82, 2.24) is 4.90 Å². The third-order valence-electron chi connectivity index (χ3n) is 3.89. The van der Waals surface area contributed by atoms with Crippen LogP contribution >= 0.6 is 11.8 Å². The summed E-state index contributed by atoms with van der Waals surface area (Å²) in [5.74, 6) is -1.88. The van der Waals surface area contributed by atoms with Crippen LogP contribution in [-0.4, -0.2) is 34.4 Å². The van der Waals surface area contributed by atoms with Crippen LogP contribution in [0.5, 0.6) is 0 Å². The van der Waals surface area contributed by atoms with Crippen LogP contribution in [0.15, 0.2) is 42.5 Å². The van der Waals surface area contributed by atoms with Gasteiger partial charge in [-0.05, 0) is 42.8 Å². The molecule has 0 aliphatic carbocycles. The zero-order valence-corrected chi connectivity index (χ0v) is 14.3. The largest absolute Gasteiger partial charge is 0.324 e. The second-order valence-corrected chi connectivity index (χ2v) is 6.77. The summed E-state index contributed by atoms with van der Waals surface area (Å²) in [6.45, 7) is 1.91. The Labute approximate surface area is 148 Å². The maximum atomic E-state index is 13.9. The molecule has 1 N–H and O–H groups in total. The van der Waals surface area contributed by atoms with Crippen molar-refractivity contribution in [3.63, 3.8) is 0 Å². The molecule has 0 radical (unpaired) electrons. The molecule has 1 unspecified atom stereocenters. The van der Waals surface area contributed by atoms with Crippen LogP contribution in [0.3, 0.4) is 0 Å². The summed E-state index contributed by atoms with van der Waals surface area (Å²) in [6, 6.07) is 9.28. The number of carbonyl (C=O) groups is 2. The Morgan fingerprint density at radius 1 is 1.20 bits per heavy atom. The van der Waals surface area contributed by atoms with E-state index in [4.69, 9.17) is 0 Å². The van der Waals surface area contributed by atoms with Crippen LogP contribution in [0.2, 0.25) is 0 Å². The minimum absolute atomic E-state index is 0.251. The van der Waals surface area contributed by atoms with Gasteiger partial charge in [0, 0.05) is 11.4 Å². The van der Waals surface area contributed by atoms with Crippen molar-refractivity contribution in [1.29, 1.82) is 0 Å². The summed E-state index contributed by atoms with van der Waals surface area (Å²) in [4.78, 5) is 26.4. The van der Waals surface area contributed by atoms with Crippen molar-refractivity contribution in [3.8, 4) is 0 Å². The molecule has 1 atom stereocenters. The number of carbonyl (C=O) groups excluding carboxylic acids is 2. The molecule has 2 aromatic rings. The number of thioether (sulfide) groups is 1. The van der Waals surface area contributed by atoms with Gasteiger partial charge in [-0.3, -0.25) is 9.59 Å². The van der Waals surface area contributed by atoms with Crippen LogP contribution in [-0.2, 0) is 4.79 Å². The van der Waals surface area contributed by atoms with Crippen molar-refractivity contribution >= 4 is 29.3 Å². The van der Waals surface area contributed by atoms with Gasteiger partial charge in [-0.1, -0.05) is 12.1 Å². The lowest BCUT2D eigenvalue weighted by atomic mass is 10.1. The summed E-state index contributed by atoms with van der Waals surface area (Å²) in [6.07, 6.45) is 0. The fourth-order valence-electron chi connectivity index (χ4n) is 2.62. The molecule has 4 nitrogen and oxygen atoms in total. The van der Waals surface area contributed by atoms with Crippen molar-refractivity contribution in [3.05, 3.63) is 65.2 Å². The molecule has 3 rings (SSSR count). The number of amides is 2. The molecular formula is C18H16F2N2O2S. The monoisotopic (exact) mass is 362 g/mol. The maximum Gasteiger partial charge on any atom is 0.258 e. The first-order chi connectivity index (χ1) is 12.0. The lowest BCUT2D eigenvalue weighted by Crippen LogP contribution is -2.44. The molecule has 1 heterocycles. The molecule has 1 saturated heterocycles. The molecule has 1 aliphatic rings. The highest BCUT2D eigenvalue weighted by molar-refractivity contribution is 7.99. The Morgan fingerprint density at radius 3 is 2.76 bits per heavy atom. The van der Waals surface area contributed by atoms with Gasteiger partial charge in [0.25, 0.3) is 5.91 Å². The third-order valence-corrected chi connectivity index (χ3v) is 4.90. The van der Waals surface area contributed by atoms with Crippen molar-refractivity contribution < 1.29 is 18.4 Å². The number of halogens is 2. The molecule has 0 aromatic heterocycles. The first kappa shape index (κ1) is 17.4. The fraction of sp³-hybridized carbons (Fsp3) is 0.222. The van der Waals surface area contributed by atoms with Gasteiger partial charge in [-0.2, -0.15) is 0 Å². The van der Waals surface area contributed by atoms with Crippen LogP contribution < -0.4 is 5.32 Å². The van der Waals surface area contributed by atoms with E-state index >= 15 is 0 Å². The topological polar surface area (TPSA) is 49.4 Å². The Bertz CT molecular complexity index is 828. The van der Waals surface area contributed by atoms with Gasteiger partial charge in [-0.15, -0.1) is 11.8 Å². The number of nitrogens with zero attached hydrogens (tertiary/aromatic N) is 1. The molecule has 0 saturated carbocycles. The molecule has 0 spiro atoms. The maximum absolute atomic E-state index is 13.9. The quantitative estimate of drug-likeness (QED) is 0.910. The number of aryl methyl sites for hydroxylation is 1. The van der Waals surface area contributed by atoms with Gasteiger partial charge in [0.1, 0.15) is 17.7 Å². The normalized spacial score (nSPS) is 16.8. The van der Waals surface area contributed by atoms with Gasteiger partial charge in [0.15, 0.2) is 0 Å². The SMILES string of the molecule is Cc1cccc(NC(=O)C2CSCN2C(=O)c2cc(F)ccc2F)c1. The number of rotatable bonds is 3. The van der Waals surface area contributed by atoms with E-state index in [1.54, 1.807) is 6.07 Å². The second-order valence-electron chi connectivity index (χ2n) is 5.77. The number of hydrogen-bond donors (Lipinski definition) is 1. The highest BCUT2D eigenvalue weighted by Gasteiger charge is 2.36. The summed E-state index contributed by atoms with van der Waals surface area (Å²) < 4.78 is 27.2. The zero-order valence-electron chi connectivity index (χ0n) is 13.5. The van der Waals surface area contributed by atoms with E-state index in [9.17, 15) is 18.4 Å². The Morgan fingerprint density at radius 2 is 2.00 bits per heavy atom. The van der Waals surface area contributed by atoms with Gasteiger partial charge in [0.2, 0.25) is 5.91 Å². The van der Waals surface area contributed by atoms with E-state index in [0.717, 1.165) is 23.8 Å². The minimum atomic E-state index is -0.804. The standard InChI is InChI=1S/C18H16F2N2O2S/c1-11-3-2-4-13(7-11)21-17(23)16-9-25-10-22(16)18(24)14-8-12(19)5-6-15(14)20/h2-8,16H,9-10H2,1H3,(H,21,23). The Kier molecular flexibility index (Phi) is 5.03. The van der Waals surface area contributed by atoms with Gasteiger partial charge in [0.05, 0.1) is 11.4 Å². The summed E-state index contributed by atoms with van der Waals surface area (Å²) in [5.41, 5.74) is 1.26. The Hall–Kier alpha value is -2.41. The van der Waals surface area contributed by atoms with Crippen molar-refractivity contribution in [2.24, 2.45) is 0 Å². The van der Waals surface area contributed by atoms with E-state index in [0.29, 0.717) is 11.4 Å². The number of benzene rings is 2. The van der Waals surface area contributed by atoms with E-state index in [1.165, 1.54) is 16.7 Å².